The molecule has 0 aliphatic heterocycles. The van der Waals surface area contributed by atoms with Gasteiger partial charge in [-0.3, -0.25) is 14.9 Å². The summed E-state index contributed by atoms with van der Waals surface area (Å²) in [5.41, 5.74) is 1.59. The molecule has 0 bridgehead atoms. The van der Waals surface area contributed by atoms with Crippen LogP contribution in [0.25, 0.3) is 21.6 Å². The predicted octanol–water partition coefficient (Wildman–Crippen LogP) is 4.37. The van der Waals surface area contributed by atoms with Crippen LogP contribution in [0.2, 0.25) is 5.02 Å². The molecule has 30 heavy (non-hydrogen) atoms. The summed E-state index contributed by atoms with van der Waals surface area (Å²) < 4.78 is 1.64. The van der Waals surface area contributed by atoms with Crippen molar-refractivity contribution in [3.05, 3.63) is 75.1 Å². The Morgan fingerprint density at radius 2 is 2.07 bits per heavy atom. The summed E-state index contributed by atoms with van der Waals surface area (Å²) in [5.74, 6) is 0.285. The molecule has 1 amide bonds. The van der Waals surface area contributed by atoms with E-state index in [-0.39, 0.29) is 16.6 Å². The first-order valence-electron chi connectivity index (χ1n) is 8.63. The van der Waals surface area contributed by atoms with E-state index in [0.717, 1.165) is 5.56 Å². The molecule has 4 rings (SSSR count). The number of amides is 1. The summed E-state index contributed by atoms with van der Waals surface area (Å²) in [4.78, 5) is 23.5. The molecule has 11 heteroatoms. The Labute approximate surface area is 178 Å². The van der Waals surface area contributed by atoms with Crippen molar-refractivity contribution >= 4 is 51.3 Å². The maximum Gasteiger partial charge on any atom is 0.288 e. The summed E-state index contributed by atoms with van der Waals surface area (Å²) in [7, 11) is 0. The van der Waals surface area contributed by atoms with Gasteiger partial charge in [0.15, 0.2) is 5.82 Å². The molecule has 0 atom stereocenters. The van der Waals surface area contributed by atoms with Gasteiger partial charge in [-0.1, -0.05) is 41.1 Å². The topological polar surface area (TPSA) is 115 Å². The van der Waals surface area contributed by atoms with Crippen molar-refractivity contribution in [1.29, 1.82) is 0 Å². The summed E-state index contributed by atoms with van der Waals surface area (Å²) in [6.07, 6.45) is 2.78. The van der Waals surface area contributed by atoms with Gasteiger partial charge in [0.1, 0.15) is 10.0 Å². The Morgan fingerprint density at radius 1 is 1.27 bits per heavy atom. The molecule has 0 saturated carbocycles. The zero-order valence-corrected chi connectivity index (χ0v) is 17.0. The number of fused-ring (bicyclic) bond motifs is 1. The Kier molecular flexibility index (Phi) is 5.25. The second-order valence-electron chi connectivity index (χ2n) is 6.18. The molecule has 0 aliphatic rings. The monoisotopic (exact) mass is 440 g/mol. The Morgan fingerprint density at radius 3 is 2.83 bits per heavy atom. The molecule has 0 spiro atoms. The van der Waals surface area contributed by atoms with Gasteiger partial charge >= 0.3 is 0 Å². The van der Waals surface area contributed by atoms with Crippen molar-refractivity contribution in [2.45, 2.75) is 6.92 Å². The number of nitro groups is 1. The molecule has 2 aromatic carbocycles. The molecule has 1 N–H and O–H groups in total. The molecule has 2 aromatic heterocycles. The fourth-order valence-corrected chi connectivity index (χ4v) is 3.83. The number of rotatable bonds is 5. The third kappa shape index (κ3) is 3.91. The first-order chi connectivity index (χ1) is 14.4. The van der Waals surface area contributed by atoms with E-state index in [4.69, 9.17) is 11.6 Å². The van der Waals surface area contributed by atoms with Gasteiger partial charge in [-0.05, 0) is 36.8 Å². The van der Waals surface area contributed by atoms with Gasteiger partial charge in [-0.25, -0.2) is 0 Å². The smallest absolute Gasteiger partial charge is 0.288 e. The van der Waals surface area contributed by atoms with Crippen molar-refractivity contribution in [3.8, 4) is 10.6 Å². The highest BCUT2D eigenvalue weighted by Gasteiger charge is 2.15. The molecule has 0 fully saturated rings. The summed E-state index contributed by atoms with van der Waals surface area (Å²) >= 11 is 7.17. The summed E-state index contributed by atoms with van der Waals surface area (Å²) in [5, 5.41) is 27.1. The number of hydrogen-bond donors (Lipinski definition) is 1. The maximum atomic E-state index is 12.4. The van der Waals surface area contributed by atoms with Crippen LogP contribution in [0.15, 0.2) is 48.5 Å². The van der Waals surface area contributed by atoms with E-state index in [1.165, 1.54) is 35.6 Å². The van der Waals surface area contributed by atoms with Gasteiger partial charge < -0.3 is 5.32 Å². The Bertz CT molecular complexity index is 1310. The Balaban J connectivity index is 1.56. The van der Waals surface area contributed by atoms with Gasteiger partial charge in [0.25, 0.3) is 5.69 Å². The molecule has 4 aromatic rings. The van der Waals surface area contributed by atoms with Crippen LogP contribution in [-0.4, -0.2) is 30.6 Å². The van der Waals surface area contributed by atoms with Crippen LogP contribution >= 0.6 is 22.9 Å². The van der Waals surface area contributed by atoms with Gasteiger partial charge in [-0.2, -0.15) is 9.61 Å². The van der Waals surface area contributed by atoms with Gasteiger partial charge in [0, 0.05) is 17.7 Å². The van der Waals surface area contributed by atoms with Crippen LogP contribution in [-0.2, 0) is 4.79 Å². The van der Waals surface area contributed by atoms with Crippen LogP contribution in [0.4, 0.5) is 11.4 Å². The van der Waals surface area contributed by atoms with Crippen molar-refractivity contribution in [2.75, 3.05) is 5.32 Å². The number of carbonyl (C=O) groups excluding carboxylic acids is 1. The van der Waals surface area contributed by atoms with E-state index in [1.807, 2.05) is 19.1 Å². The lowest BCUT2D eigenvalue weighted by Crippen LogP contribution is -2.08. The Hall–Kier alpha value is -3.63. The van der Waals surface area contributed by atoms with Crippen LogP contribution in [0.1, 0.15) is 11.4 Å². The number of halogens is 1. The molecular weight excluding hydrogens is 428 g/mol. The number of anilines is 1. The third-order valence-corrected chi connectivity index (χ3v) is 5.41. The fraction of sp³-hybridized carbons (Fsp3) is 0.0526. The second kappa shape index (κ2) is 8.01. The number of nitrogens with one attached hydrogen (secondary N) is 1. The predicted molar refractivity (Wildman–Crippen MR) is 115 cm³/mol. The van der Waals surface area contributed by atoms with E-state index in [2.05, 4.69) is 20.6 Å². The van der Waals surface area contributed by atoms with Crippen LogP contribution < -0.4 is 5.32 Å². The largest absolute Gasteiger partial charge is 0.322 e. The van der Waals surface area contributed by atoms with Crippen molar-refractivity contribution < 1.29 is 9.72 Å². The second-order valence-corrected chi connectivity index (χ2v) is 7.55. The van der Waals surface area contributed by atoms with Crippen LogP contribution in [0.3, 0.4) is 0 Å². The van der Waals surface area contributed by atoms with Crippen molar-refractivity contribution in [2.24, 2.45) is 0 Å². The lowest BCUT2D eigenvalue weighted by atomic mass is 10.1. The average molecular weight is 441 g/mol. The minimum Gasteiger partial charge on any atom is -0.322 e. The standard InChI is InChI=1S/C19H13ClN6O3S/c1-11-22-23-19-25(11)24-18(30-19)13-4-2-3-5-15(13)21-17(27)9-7-12-6-8-14(20)16(10-12)26(28)29/h2-10H,1H3,(H,21,27)/b9-7+. The number of nitro benzene ring substituents is 1. The van der Waals surface area contributed by atoms with E-state index in [9.17, 15) is 14.9 Å². The van der Waals surface area contributed by atoms with E-state index in [0.29, 0.717) is 27.0 Å². The van der Waals surface area contributed by atoms with E-state index in [1.54, 1.807) is 22.7 Å². The van der Waals surface area contributed by atoms with Crippen LogP contribution in [0.5, 0.6) is 0 Å². The molecule has 0 saturated heterocycles. The highest BCUT2D eigenvalue weighted by molar-refractivity contribution is 7.19. The first kappa shape index (κ1) is 19.7. The van der Waals surface area contributed by atoms with E-state index >= 15 is 0 Å². The van der Waals surface area contributed by atoms with Gasteiger partial charge in [0.05, 0.1) is 10.6 Å². The molecule has 0 aliphatic carbocycles. The lowest BCUT2D eigenvalue weighted by Gasteiger charge is -2.07. The maximum absolute atomic E-state index is 12.4. The summed E-state index contributed by atoms with van der Waals surface area (Å²) in [6, 6.07) is 11.6. The van der Waals surface area contributed by atoms with Crippen molar-refractivity contribution in [1.82, 2.24) is 19.8 Å². The van der Waals surface area contributed by atoms with Crippen LogP contribution in [0, 0.1) is 17.0 Å². The third-order valence-electron chi connectivity index (χ3n) is 4.16. The molecule has 0 radical (unpaired) electrons. The number of para-hydroxylation sites is 1. The summed E-state index contributed by atoms with van der Waals surface area (Å²) in [6.45, 7) is 1.81. The highest BCUT2D eigenvalue weighted by Crippen LogP contribution is 2.31. The number of aryl methyl sites for hydroxylation is 1. The number of nitrogens with zero attached hydrogens (tertiary/aromatic N) is 5. The average Bonchev–Trinajstić information content (AvgIpc) is 3.29. The molecule has 150 valence electrons. The first-order valence-corrected chi connectivity index (χ1v) is 9.83. The minimum atomic E-state index is -0.571. The zero-order chi connectivity index (χ0) is 21.3. The van der Waals surface area contributed by atoms with Gasteiger partial charge in [-0.15, -0.1) is 10.2 Å². The molecule has 2 heterocycles. The highest BCUT2D eigenvalue weighted by atomic mass is 35.5. The lowest BCUT2D eigenvalue weighted by molar-refractivity contribution is -0.384. The van der Waals surface area contributed by atoms with Gasteiger partial charge in [0.2, 0.25) is 10.9 Å². The number of aromatic nitrogens is 4. The molecule has 0 unspecified atom stereocenters. The number of hydrogen-bond acceptors (Lipinski definition) is 7. The number of carbonyl (C=O) groups is 1. The van der Waals surface area contributed by atoms with Crippen molar-refractivity contribution in [3.63, 3.8) is 0 Å². The molecule has 9 nitrogen and oxygen atoms in total. The zero-order valence-electron chi connectivity index (χ0n) is 15.4. The fourth-order valence-electron chi connectivity index (χ4n) is 2.72. The normalized spacial score (nSPS) is 11.3. The number of benzene rings is 2. The SMILES string of the molecule is Cc1nnc2sc(-c3ccccc3NC(=O)/C=C/c3ccc(Cl)c([N+](=O)[O-])c3)nn12. The minimum absolute atomic E-state index is 0.0377. The quantitative estimate of drug-likeness (QED) is 0.280. The van der Waals surface area contributed by atoms with E-state index < -0.39 is 4.92 Å². The molecular formula is C19H13ClN6O3S.